The fraction of sp³-hybridized carbons (Fsp3) is 0.600. The molecule has 0 saturated carbocycles. The number of piperidine rings is 1. The van der Waals surface area contributed by atoms with Crippen LogP contribution in [0.1, 0.15) is 37.7 Å². The molecule has 0 N–H and O–H groups in total. The van der Waals surface area contributed by atoms with Gasteiger partial charge < -0.3 is 14.5 Å². The van der Waals surface area contributed by atoms with Gasteiger partial charge in [0.1, 0.15) is 0 Å². The minimum absolute atomic E-state index is 0.0617. The number of amides is 2. The first-order valence-corrected chi connectivity index (χ1v) is 9.43. The van der Waals surface area contributed by atoms with Crippen LogP contribution >= 0.6 is 0 Å². The summed E-state index contributed by atoms with van der Waals surface area (Å²) in [6.45, 7) is 2.83. The van der Waals surface area contributed by atoms with Crippen LogP contribution in [0.4, 0.5) is 0 Å². The largest absolute Gasteiger partial charge is 0.375 e. The maximum Gasteiger partial charge on any atom is 0.242 e. The molecule has 5 nitrogen and oxygen atoms in total. The van der Waals surface area contributed by atoms with Gasteiger partial charge in [-0.15, -0.1) is 0 Å². The molecular formula is C20H28N2O3. The van der Waals surface area contributed by atoms with E-state index in [1.165, 1.54) is 5.56 Å². The topological polar surface area (TPSA) is 49.9 Å². The second kappa shape index (κ2) is 8.99. The number of aryl methyl sites for hydroxylation is 1. The van der Waals surface area contributed by atoms with E-state index in [9.17, 15) is 9.59 Å². The van der Waals surface area contributed by atoms with Crippen LogP contribution in [0.3, 0.4) is 0 Å². The van der Waals surface area contributed by atoms with Crippen molar-refractivity contribution in [3.63, 3.8) is 0 Å². The number of likely N-dealkylation sites (tertiary alicyclic amines) is 1. The van der Waals surface area contributed by atoms with E-state index >= 15 is 0 Å². The summed E-state index contributed by atoms with van der Waals surface area (Å²) in [5.74, 6) is 0.180. The van der Waals surface area contributed by atoms with Crippen molar-refractivity contribution in [1.29, 1.82) is 0 Å². The van der Waals surface area contributed by atoms with Crippen LogP contribution in [0, 0.1) is 0 Å². The lowest BCUT2D eigenvalue weighted by Gasteiger charge is -2.35. The smallest absolute Gasteiger partial charge is 0.242 e. The Balaban J connectivity index is 1.42. The first-order chi connectivity index (χ1) is 12.2. The number of carbonyl (C=O) groups is 2. The van der Waals surface area contributed by atoms with Crippen molar-refractivity contribution in [1.82, 2.24) is 9.80 Å². The standard InChI is InChI=1S/C20H28N2O3/c23-19-11-4-5-12-21(19)16-20(24)22-13-14-25-18(15-22)10-6-9-17-7-2-1-3-8-17/h1-3,7-8,18H,4-6,9-16H2. The Bertz CT molecular complexity index is 576. The van der Waals surface area contributed by atoms with Gasteiger partial charge in [-0.1, -0.05) is 30.3 Å². The predicted molar refractivity (Wildman–Crippen MR) is 96.1 cm³/mol. The summed E-state index contributed by atoms with van der Waals surface area (Å²) in [6, 6.07) is 10.5. The first-order valence-electron chi connectivity index (χ1n) is 9.43. The molecule has 0 radical (unpaired) electrons. The number of nitrogens with zero attached hydrogens (tertiary/aromatic N) is 2. The summed E-state index contributed by atoms with van der Waals surface area (Å²) in [5, 5.41) is 0. The molecule has 2 amide bonds. The molecule has 136 valence electrons. The average Bonchev–Trinajstić information content (AvgIpc) is 2.65. The van der Waals surface area contributed by atoms with Crippen molar-refractivity contribution in [2.45, 2.75) is 44.6 Å². The lowest BCUT2D eigenvalue weighted by molar-refractivity contribution is -0.146. The molecule has 1 unspecified atom stereocenters. The maximum absolute atomic E-state index is 12.5. The molecule has 1 atom stereocenters. The summed E-state index contributed by atoms with van der Waals surface area (Å²) in [7, 11) is 0. The Morgan fingerprint density at radius 1 is 1.16 bits per heavy atom. The Labute approximate surface area is 149 Å². The van der Waals surface area contributed by atoms with Crippen LogP contribution in [-0.2, 0) is 20.7 Å². The van der Waals surface area contributed by atoms with Gasteiger partial charge in [0, 0.05) is 26.1 Å². The van der Waals surface area contributed by atoms with Crippen LogP contribution < -0.4 is 0 Å². The Morgan fingerprint density at radius 2 is 2.00 bits per heavy atom. The van der Waals surface area contributed by atoms with Crippen LogP contribution in [0.2, 0.25) is 0 Å². The van der Waals surface area contributed by atoms with Gasteiger partial charge in [0.15, 0.2) is 0 Å². The summed E-state index contributed by atoms with van der Waals surface area (Å²) >= 11 is 0. The van der Waals surface area contributed by atoms with Gasteiger partial charge in [-0.25, -0.2) is 0 Å². The SMILES string of the molecule is O=C1CCCCN1CC(=O)N1CCOC(CCCc2ccccc2)C1. The lowest BCUT2D eigenvalue weighted by Crippen LogP contribution is -2.50. The van der Waals surface area contributed by atoms with Gasteiger partial charge in [0.25, 0.3) is 0 Å². The molecule has 2 aliphatic heterocycles. The fourth-order valence-corrected chi connectivity index (χ4v) is 3.59. The van der Waals surface area contributed by atoms with Crippen molar-refractivity contribution >= 4 is 11.8 Å². The number of ether oxygens (including phenoxy) is 1. The highest BCUT2D eigenvalue weighted by atomic mass is 16.5. The van der Waals surface area contributed by atoms with E-state index in [1.54, 1.807) is 4.90 Å². The molecule has 1 aromatic rings. The highest BCUT2D eigenvalue weighted by Crippen LogP contribution is 2.15. The zero-order valence-electron chi connectivity index (χ0n) is 14.9. The minimum atomic E-state index is 0.0617. The molecule has 5 heteroatoms. The van der Waals surface area contributed by atoms with E-state index in [2.05, 4.69) is 24.3 Å². The quantitative estimate of drug-likeness (QED) is 0.795. The Hall–Kier alpha value is -1.88. The number of rotatable bonds is 6. The molecule has 2 aliphatic rings. The van der Waals surface area contributed by atoms with E-state index in [1.807, 2.05) is 11.0 Å². The highest BCUT2D eigenvalue weighted by Gasteiger charge is 2.27. The highest BCUT2D eigenvalue weighted by molar-refractivity contribution is 5.85. The first kappa shape index (κ1) is 17.9. The lowest BCUT2D eigenvalue weighted by atomic mass is 10.0. The molecule has 3 rings (SSSR count). The van der Waals surface area contributed by atoms with Gasteiger partial charge in [-0.05, 0) is 37.7 Å². The normalized spacial score (nSPS) is 21.4. The number of morpholine rings is 1. The molecular weight excluding hydrogens is 316 g/mol. The van der Waals surface area contributed by atoms with Crippen LogP contribution in [0.25, 0.3) is 0 Å². The number of carbonyl (C=O) groups excluding carboxylic acids is 2. The fourth-order valence-electron chi connectivity index (χ4n) is 3.59. The molecule has 2 fully saturated rings. The van der Waals surface area contributed by atoms with E-state index < -0.39 is 0 Å². The Morgan fingerprint density at radius 3 is 2.80 bits per heavy atom. The minimum Gasteiger partial charge on any atom is -0.375 e. The van der Waals surface area contributed by atoms with Crippen molar-refractivity contribution in [2.24, 2.45) is 0 Å². The van der Waals surface area contributed by atoms with Crippen molar-refractivity contribution in [3.05, 3.63) is 35.9 Å². The van der Waals surface area contributed by atoms with Gasteiger partial charge >= 0.3 is 0 Å². The second-order valence-corrected chi connectivity index (χ2v) is 6.98. The van der Waals surface area contributed by atoms with Crippen molar-refractivity contribution in [2.75, 3.05) is 32.8 Å². The molecule has 2 heterocycles. The second-order valence-electron chi connectivity index (χ2n) is 6.98. The molecule has 25 heavy (non-hydrogen) atoms. The third-order valence-electron chi connectivity index (χ3n) is 5.07. The van der Waals surface area contributed by atoms with Crippen molar-refractivity contribution < 1.29 is 14.3 Å². The van der Waals surface area contributed by atoms with Gasteiger partial charge in [0.05, 0.1) is 19.3 Å². The van der Waals surface area contributed by atoms with Crippen molar-refractivity contribution in [3.8, 4) is 0 Å². The summed E-state index contributed by atoms with van der Waals surface area (Å²) in [6.07, 6.45) is 5.70. The molecule has 0 aliphatic carbocycles. The molecule has 0 spiro atoms. The molecule has 0 bridgehead atoms. The third kappa shape index (κ3) is 5.30. The van der Waals surface area contributed by atoms with E-state index in [0.717, 1.165) is 38.6 Å². The maximum atomic E-state index is 12.5. The molecule has 1 aromatic carbocycles. The zero-order chi connectivity index (χ0) is 17.5. The summed E-state index contributed by atoms with van der Waals surface area (Å²) < 4.78 is 5.83. The van der Waals surface area contributed by atoms with Gasteiger partial charge in [0.2, 0.25) is 11.8 Å². The third-order valence-corrected chi connectivity index (χ3v) is 5.07. The van der Waals surface area contributed by atoms with Crippen LogP contribution in [0.5, 0.6) is 0 Å². The predicted octanol–water partition coefficient (Wildman–Crippen LogP) is 2.25. The van der Waals surface area contributed by atoms with E-state index in [-0.39, 0.29) is 24.5 Å². The summed E-state index contributed by atoms with van der Waals surface area (Å²) in [5.41, 5.74) is 1.34. The average molecular weight is 344 g/mol. The monoisotopic (exact) mass is 344 g/mol. The van der Waals surface area contributed by atoms with Gasteiger partial charge in [-0.3, -0.25) is 9.59 Å². The van der Waals surface area contributed by atoms with Crippen LogP contribution in [-0.4, -0.2) is 60.5 Å². The summed E-state index contributed by atoms with van der Waals surface area (Å²) in [4.78, 5) is 28.0. The zero-order valence-corrected chi connectivity index (χ0v) is 14.9. The number of hydrogen-bond acceptors (Lipinski definition) is 3. The molecule has 0 aromatic heterocycles. The Kier molecular flexibility index (Phi) is 6.45. The van der Waals surface area contributed by atoms with Gasteiger partial charge in [-0.2, -0.15) is 0 Å². The number of hydrogen-bond donors (Lipinski definition) is 0. The van der Waals surface area contributed by atoms with E-state index in [4.69, 9.17) is 4.74 Å². The van der Waals surface area contributed by atoms with E-state index in [0.29, 0.717) is 26.1 Å². The molecule has 2 saturated heterocycles. The van der Waals surface area contributed by atoms with Crippen LogP contribution in [0.15, 0.2) is 30.3 Å². The number of benzene rings is 1.